The number of carbonyl (C=O) groups excluding carboxylic acids is 3. The molecule has 1 atom stereocenters. The lowest BCUT2D eigenvalue weighted by Crippen LogP contribution is -2.52. The summed E-state index contributed by atoms with van der Waals surface area (Å²) in [5, 5.41) is 2.33. The number of anilines is 1. The third kappa shape index (κ3) is 3.58. The number of hydrogen-bond acceptors (Lipinski definition) is 5. The summed E-state index contributed by atoms with van der Waals surface area (Å²) < 4.78 is 0. The van der Waals surface area contributed by atoms with Crippen molar-refractivity contribution < 1.29 is 14.4 Å². The number of likely N-dealkylation sites (N-methyl/N-ethyl adjacent to an activating group) is 2. The molecule has 140 valence electrons. The zero-order chi connectivity index (χ0) is 18.8. The van der Waals surface area contributed by atoms with Gasteiger partial charge in [0.15, 0.2) is 0 Å². The average molecular weight is 358 g/mol. The van der Waals surface area contributed by atoms with Crippen LogP contribution in [0.3, 0.4) is 0 Å². The van der Waals surface area contributed by atoms with E-state index in [1.165, 1.54) is 0 Å². The van der Waals surface area contributed by atoms with Crippen LogP contribution in [0.15, 0.2) is 18.2 Å². The van der Waals surface area contributed by atoms with E-state index in [9.17, 15) is 14.4 Å². The van der Waals surface area contributed by atoms with Crippen molar-refractivity contribution in [1.29, 1.82) is 0 Å². The van der Waals surface area contributed by atoms with Crippen molar-refractivity contribution in [2.24, 2.45) is 0 Å². The standard InChI is InChI=1S/C19H26N4O3/c1-4-22(10-9-21(2)3)14-5-6-15-13(11-14)12-23(19(15)26)16-7-8-17(24)20-18(16)25/h5-6,11,16H,4,7-10,12H2,1-3H3,(H,20,24,25). The van der Waals surface area contributed by atoms with E-state index in [-0.39, 0.29) is 24.1 Å². The Hall–Kier alpha value is -2.41. The molecular formula is C19H26N4O3. The van der Waals surface area contributed by atoms with E-state index >= 15 is 0 Å². The first-order valence-corrected chi connectivity index (χ1v) is 9.08. The minimum atomic E-state index is -0.563. The van der Waals surface area contributed by atoms with Gasteiger partial charge in [-0.25, -0.2) is 0 Å². The molecule has 0 radical (unpaired) electrons. The van der Waals surface area contributed by atoms with Crippen LogP contribution in [0.5, 0.6) is 0 Å². The lowest BCUT2D eigenvalue weighted by atomic mass is 10.0. The summed E-state index contributed by atoms with van der Waals surface area (Å²) in [5.41, 5.74) is 2.69. The SMILES string of the molecule is CCN(CCN(C)C)c1ccc2c(c1)CN(C1CCC(=O)NC1=O)C2=O. The minimum Gasteiger partial charge on any atom is -0.371 e. The second kappa shape index (κ2) is 7.45. The molecule has 0 spiro atoms. The summed E-state index contributed by atoms with van der Waals surface area (Å²) in [5.74, 6) is -0.765. The van der Waals surface area contributed by atoms with Crippen molar-refractivity contribution in [3.8, 4) is 0 Å². The van der Waals surface area contributed by atoms with Gasteiger partial charge in [0, 0.05) is 43.9 Å². The number of carbonyl (C=O) groups is 3. The molecule has 1 fully saturated rings. The van der Waals surface area contributed by atoms with Gasteiger partial charge in [-0.3, -0.25) is 19.7 Å². The molecule has 1 saturated heterocycles. The predicted molar refractivity (Wildman–Crippen MR) is 98.9 cm³/mol. The van der Waals surface area contributed by atoms with Crippen molar-refractivity contribution in [2.45, 2.75) is 32.4 Å². The summed E-state index contributed by atoms with van der Waals surface area (Å²) in [4.78, 5) is 42.2. The zero-order valence-corrected chi connectivity index (χ0v) is 15.6. The van der Waals surface area contributed by atoms with Crippen LogP contribution in [-0.4, -0.2) is 67.3 Å². The van der Waals surface area contributed by atoms with Crippen molar-refractivity contribution in [3.05, 3.63) is 29.3 Å². The maximum atomic E-state index is 12.7. The fourth-order valence-corrected chi connectivity index (χ4v) is 3.55. The second-order valence-corrected chi connectivity index (χ2v) is 7.12. The van der Waals surface area contributed by atoms with Crippen LogP contribution in [0.4, 0.5) is 5.69 Å². The number of nitrogens with zero attached hydrogens (tertiary/aromatic N) is 3. The van der Waals surface area contributed by atoms with E-state index in [1.807, 2.05) is 26.2 Å². The van der Waals surface area contributed by atoms with Gasteiger partial charge in [-0.1, -0.05) is 0 Å². The number of amides is 3. The summed E-state index contributed by atoms with van der Waals surface area (Å²) in [6.45, 7) is 5.28. The summed E-state index contributed by atoms with van der Waals surface area (Å²) in [6.07, 6.45) is 0.664. The highest BCUT2D eigenvalue weighted by molar-refractivity contribution is 6.05. The van der Waals surface area contributed by atoms with E-state index in [1.54, 1.807) is 4.90 Å². The third-order valence-corrected chi connectivity index (χ3v) is 5.07. The molecule has 2 heterocycles. The Balaban J connectivity index is 1.77. The Morgan fingerprint density at radius 2 is 1.96 bits per heavy atom. The van der Waals surface area contributed by atoms with Gasteiger partial charge in [0.2, 0.25) is 11.8 Å². The number of benzene rings is 1. The predicted octanol–water partition coefficient (Wildman–Crippen LogP) is 0.836. The van der Waals surface area contributed by atoms with E-state index in [0.29, 0.717) is 18.5 Å². The second-order valence-electron chi connectivity index (χ2n) is 7.12. The molecule has 3 amide bonds. The summed E-state index contributed by atoms with van der Waals surface area (Å²) in [7, 11) is 4.10. The quantitative estimate of drug-likeness (QED) is 0.763. The van der Waals surface area contributed by atoms with Gasteiger partial charge in [-0.05, 0) is 51.2 Å². The van der Waals surface area contributed by atoms with Crippen molar-refractivity contribution >= 4 is 23.4 Å². The molecule has 7 heteroatoms. The Kier molecular flexibility index (Phi) is 5.27. The number of piperidine rings is 1. The largest absolute Gasteiger partial charge is 0.371 e. The van der Waals surface area contributed by atoms with Crippen LogP contribution < -0.4 is 10.2 Å². The van der Waals surface area contributed by atoms with E-state index in [2.05, 4.69) is 28.1 Å². The first-order valence-electron chi connectivity index (χ1n) is 9.08. The monoisotopic (exact) mass is 358 g/mol. The molecule has 0 saturated carbocycles. The first kappa shape index (κ1) is 18.4. The zero-order valence-electron chi connectivity index (χ0n) is 15.6. The van der Waals surface area contributed by atoms with Crippen molar-refractivity contribution in [1.82, 2.24) is 15.1 Å². The number of rotatable bonds is 6. The Labute approximate surface area is 153 Å². The molecule has 0 aromatic heterocycles. The average Bonchev–Trinajstić information content (AvgIpc) is 2.91. The number of nitrogens with one attached hydrogen (secondary N) is 1. The lowest BCUT2D eigenvalue weighted by molar-refractivity contribution is -0.136. The molecule has 1 aromatic carbocycles. The molecular weight excluding hydrogens is 332 g/mol. The van der Waals surface area contributed by atoms with Gasteiger partial charge in [0.1, 0.15) is 6.04 Å². The third-order valence-electron chi connectivity index (χ3n) is 5.07. The molecule has 1 aromatic rings. The number of fused-ring (bicyclic) bond motifs is 1. The van der Waals surface area contributed by atoms with Crippen LogP contribution in [-0.2, 0) is 16.1 Å². The maximum absolute atomic E-state index is 12.7. The van der Waals surface area contributed by atoms with Crippen LogP contribution in [0, 0.1) is 0 Å². The van der Waals surface area contributed by atoms with E-state index in [0.717, 1.165) is 30.9 Å². The van der Waals surface area contributed by atoms with Crippen LogP contribution in [0.1, 0.15) is 35.7 Å². The smallest absolute Gasteiger partial charge is 0.255 e. The Bertz CT molecular complexity index is 731. The highest BCUT2D eigenvalue weighted by Crippen LogP contribution is 2.30. The molecule has 0 bridgehead atoms. The molecule has 3 rings (SSSR count). The van der Waals surface area contributed by atoms with E-state index < -0.39 is 6.04 Å². The summed E-state index contributed by atoms with van der Waals surface area (Å²) >= 11 is 0. The summed E-state index contributed by atoms with van der Waals surface area (Å²) in [6, 6.07) is 5.33. The number of hydrogen-bond donors (Lipinski definition) is 1. The van der Waals surface area contributed by atoms with Crippen molar-refractivity contribution in [3.63, 3.8) is 0 Å². The van der Waals surface area contributed by atoms with Crippen LogP contribution >= 0.6 is 0 Å². The lowest BCUT2D eigenvalue weighted by Gasteiger charge is -2.29. The van der Waals surface area contributed by atoms with Gasteiger partial charge in [-0.15, -0.1) is 0 Å². The molecule has 1 unspecified atom stereocenters. The fraction of sp³-hybridized carbons (Fsp3) is 0.526. The van der Waals surface area contributed by atoms with Crippen molar-refractivity contribution in [2.75, 3.05) is 38.6 Å². The molecule has 2 aliphatic heterocycles. The first-order chi connectivity index (χ1) is 12.4. The normalized spacial score (nSPS) is 19.8. The minimum absolute atomic E-state index is 0.127. The molecule has 2 aliphatic rings. The van der Waals surface area contributed by atoms with E-state index in [4.69, 9.17) is 0 Å². The van der Waals surface area contributed by atoms with Gasteiger partial charge in [0.05, 0.1) is 0 Å². The highest BCUT2D eigenvalue weighted by atomic mass is 16.2. The topological polar surface area (TPSA) is 73.0 Å². The fourth-order valence-electron chi connectivity index (χ4n) is 3.55. The molecule has 1 N–H and O–H groups in total. The molecule has 0 aliphatic carbocycles. The Morgan fingerprint density at radius 1 is 1.19 bits per heavy atom. The molecule has 7 nitrogen and oxygen atoms in total. The maximum Gasteiger partial charge on any atom is 0.255 e. The highest BCUT2D eigenvalue weighted by Gasteiger charge is 2.39. The van der Waals surface area contributed by atoms with Gasteiger partial charge in [-0.2, -0.15) is 0 Å². The van der Waals surface area contributed by atoms with Gasteiger partial charge in [0.25, 0.3) is 5.91 Å². The molecule has 26 heavy (non-hydrogen) atoms. The van der Waals surface area contributed by atoms with Gasteiger partial charge < -0.3 is 14.7 Å². The van der Waals surface area contributed by atoms with Crippen LogP contribution in [0.25, 0.3) is 0 Å². The number of imide groups is 1. The van der Waals surface area contributed by atoms with Gasteiger partial charge >= 0.3 is 0 Å². The van der Waals surface area contributed by atoms with Crippen LogP contribution in [0.2, 0.25) is 0 Å². The Morgan fingerprint density at radius 3 is 2.62 bits per heavy atom.